The molecule has 0 radical (unpaired) electrons. The van der Waals surface area contributed by atoms with E-state index in [9.17, 15) is 4.79 Å². The molecule has 0 spiro atoms. The Labute approximate surface area is 133 Å². The van der Waals surface area contributed by atoms with Crippen molar-refractivity contribution in [3.05, 3.63) is 17.0 Å². The molecular weight excluding hydrogens is 276 g/mol. The molecule has 22 heavy (non-hydrogen) atoms. The number of carbonyl (C=O) groups is 1. The summed E-state index contributed by atoms with van der Waals surface area (Å²) in [4.78, 5) is 14.3. The summed E-state index contributed by atoms with van der Waals surface area (Å²) in [7, 11) is 0. The van der Waals surface area contributed by atoms with Crippen molar-refractivity contribution >= 4 is 5.91 Å². The first-order valence-electron chi connectivity index (χ1n) is 8.44. The van der Waals surface area contributed by atoms with E-state index in [2.05, 4.69) is 30.6 Å². The summed E-state index contributed by atoms with van der Waals surface area (Å²) in [6, 6.07) is 0.266. The van der Waals surface area contributed by atoms with Crippen LogP contribution in [0.15, 0.2) is 0 Å². The molecule has 0 aliphatic carbocycles. The number of nitrogens with zero attached hydrogens (tertiary/aromatic N) is 3. The fourth-order valence-corrected chi connectivity index (χ4v) is 3.16. The maximum absolute atomic E-state index is 12.3. The number of nitrogens with two attached hydrogens (primary N) is 1. The molecule has 5 nitrogen and oxygen atoms in total. The van der Waals surface area contributed by atoms with Gasteiger partial charge in [-0.15, -0.1) is 0 Å². The number of likely N-dealkylation sites (tertiary alicyclic amines) is 1. The van der Waals surface area contributed by atoms with E-state index in [1.165, 1.54) is 11.3 Å². The van der Waals surface area contributed by atoms with Gasteiger partial charge in [0.15, 0.2) is 0 Å². The number of piperidine rings is 1. The zero-order valence-corrected chi connectivity index (χ0v) is 14.4. The Kier molecular flexibility index (Phi) is 5.62. The molecule has 0 saturated carbocycles. The lowest BCUT2D eigenvalue weighted by Gasteiger charge is -2.30. The molecule has 124 valence electrons. The predicted molar refractivity (Wildman–Crippen MR) is 88.6 cm³/mol. The van der Waals surface area contributed by atoms with Crippen LogP contribution in [0.25, 0.3) is 0 Å². The third-order valence-corrected chi connectivity index (χ3v) is 4.55. The smallest absolute Gasteiger partial charge is 0.222 e. The van der Waals surface area contributed by atoms with Crippen molar-refractivity contribution in [2.45, 2.75) is 66.0 Å². The molecule has 2 heterocycles. The highest BCUT2D eigenvalue weighted by Gasteiger charge is 2.21. The highest BCUT2D eigenvalue weighted by atomic mass is 16.2. The van der Waals surface area contributed by atoms with E-state index in [1.54, 1.807) is 0 Å². The lowest BCUT2D eigenvalue weighted by Crippen LogP contribution is -2.42. The predicted octanol–water partition coefficient (Wildman–Crippen LogP) is 2.04. The molecule has 0 atom stereocenters. The molecule has 1 saturated heterocycles. The lowest BCUT2D eigenvalue weighted by molar-refractivity contribution is -0.132. The van der Waals surface area contributed by atoms with Crippen LogP contribution >= 0.6 is 0 Å². The molecule has 0 bridgehead atoms. The van der Waals surface area contributed by atoms with Crippen LogP contribution in [-0.2, 0) is 17.8 Å². The highest BCUT2D eigenvalue weighted by molar-refractivity contribution is 5.76. The Morgan fingerprint density at radius 1 is 1.32 bits per heavy atom. The first-order chi connectivity index (χ1) is 10.4. The van der Waals surface area contributed by atoms with Crippen molar-refractivity contribution in [2.24, 2.45) is 11.7 Å². The van der Waals surface area contributed by atoms with Crippen LogP contribution in [0, 0.1) is 19.8 Å². The van der Waals surface area contributed by atoms with Gasteiger partial charge in [-0.3, -0.25) is 9.48 Å². The largest absolute Gasteiger partial charge is 0.343 e. The van der Waals surface area contributed by atoms with Crippen LogP contribution in [0.5, 0.6) is 0 Å². The van der Waals surface area contributed by atoms with E-state index in [-0.39, 0.29) is 11.9 Å². The quantitative estimate of drug-likeness (QED) is 0.905. The first-order valence-corrected chi connectivity index (χ1v) is 8.44. The Morgan fingerprint density at radius 2 is 1.95 bits per heavy atom. The zero-order valence-electron chi connectivity index (χ0n) is 14.4. The molecule has 5 heteroatoms. The molecule has 1 aromatic rings. The molecule has 1 amide bonds. The SMILES string of the molecule is Cc1nn(CC(C)C)c(C)c1CCC(=O)N1CCC(N)CC1. The van der Waals surface area contributed by atoms with Gasteiger partial charge in [-0.05, 0) is 44.6 Å². The summed E-state index contributed by atoms with van der Waals surface area (Å²) < 4.78 is 2.08. The first kappa shape index (κ1) is 17.0. The Morgan fingerprint density at radius 3 is 2.55 bits per heavy atom. The van der Waals surface area contributed by atoms with Crippen molar-refractivity contribution < 1.29 is 4.79 Å². The third-order valence-electron chi connectivity index (χ3n) is 4.55. The number of hydrogen-bond donors (Lipinski definition) is 1. The van der Waals surface area contributed by atoms with Gasteiger partial charge in [0.05, 0.1) is 5.69 Å². The second-order valence-electron chi connectivity index (χ2n) is 6.94. The summed E-state index contributed by atoms with van der Waals surface area (Å²) in [5.41, 5.74) is 9.40. The summed E-state index contributed by atoms with van der Waals surface area (Å²) in [6.07, 6.45) is 3.22. The van der Waals surface area contributed by atoms with Gasteiger partial charge in [-0.25, -0.2) is 0 Å². The van der Waals surface area contributed by atoms with Crippen LogP contribution in [0.1, 0.15) is 50.1 Å². The van der Waals surface area contributed by atoms with Gasteiger partial charge >= 0.3 is 0 Å². The van der Waals surface area contributed by atoms with Crippen LogP contribution in [0.3, 0.4) is 0 Å². The zero-order chi connectivity index (χ0) is 16.3. The van der Waals surface area contributed by atoms with Gasteiger partial charge in [0.1, 0.15) is 0 Å². The molecule has 1 fully saturated rings. The Hall–Kier alpha value is -1.36. The van der Waals surface area contributed by atoms with Gasteiger partial charge in [0.25, 0.3) is 0 Å². The molecule has 0 unspecified atom stereocenters. The summed E-state index contributed by atoms with van der Waals surface area (Å²) in [5.74, 6) is 0.826. The maximum atomic E-state index is 12.3. The minimum atomic E-state index is 0.252. The van der Waals surface area contributed by atoms with Gasteiger partial charge < -0.3 is 10.6 Å². The number of carbonyl (C=O) groups excluding carboxylic acids is 1. The molecular formula is C17H30N4O. The van der Waals surface area contributed by atoms with Crippen molar-refractivity contribution in [2.75, 3.05) is 13.1 Å². The minimum absolute atomic E-state index is 0.252. The molecule has 1 aliphatic heterocycles. The second-order valence-corrected chi connectivity index (χ2v) is 6.94. The van der Waals surface area contributed by atoms with E-state index in [4.69, 9.17) is 5.73 Å². The summed E-state index contributed by atoms with van der Waals surface area (Å²) >= 11 is 0. The van der Waals surface area contributed by atoms with E-state index in [0.29, 0.717) is 12.3 Å². The highest BCUT2D eigenvalue weighted by Crippen LogP contribution is 2.18. The number of amides is 1. The average molecular weight is 306 g/mol. The van der Waals surface area contributed by atoms with E-state index >= 15 is 0 Å². The second kappa shape index (κ2) is 7.27. The standard InChI is InChI=1S/C17H30N4O/c1-12(2)11-21-14(4)16(13(3)19-21)5-6-17(22)20-9-7-15(18)8-10-20/h12,15H,5-11,18H2,1-4H3. The fourth-order valence-electron chi connectivity index (χ4n) is 3.16. The molecule has 0 aromatic carbocycles. The molecule has 1 aliphatic rings. The van der Waals surface area contributed by atoms with Crippen LogP contribution in [0.2, 0.25) is 0 Å². The number of hydrogen-bond acceptors (Lipinski definition) is 3. The van der Waals surface area contributed by atoms with Crippen molar-refractivity contribution in [1.29, 1.82) is 0 Å². The minimum Gasteiger partial charge on any atom is -0.343 e. The van der Waals surface area contributed by atoms with Crippen molar-refractivity contribution in [3.63, 3.8) is 0 Å². The Bertz CT molecular complexity index is 513. The number of aromatic nitrogens is 2. The lowest BCUT2D eigenvalue weighted by atomic mass is 10.0. The normalized spacial score (nSPS) is 16.5. The van der Waals surface area contributed by atoms with Crippen LogP contribution < -0.4 is 5.73 Å². The van der Waals surface area contributed by atoms with Gasteiger partial charge in [-0.1, -0.05) is 13.8 Å². The molecule has 2 N–H and O–H groups in total. The van der Waals surface area contributed by atoms with Crippen LogP contribution in [0.4, 0.5) is 0 Å². The van der Waals surface area contributed by atoms with E-state index in [1.807, 2.05) is 11.8 Å². The number of rotatable bonds is 5. The third kappa shape index (κ3) is 4.09. The van der Waals surface area contributed by atoms with Gasteiger partial charge in [0, 0.05) is 37.8 Å². The van der Waals surface area contributed by atoms with Gasteiger partial charge in [-0.2, -0.15) is 5.10 Å². The fraction of sp³-hybridized carbons (Fsp3) is 0.765. The summed E-state index contributed by atoms with van der Waals surface area (Å²) in [6.45, 7) is 11.1. The molecule has 1 aromatic heterocycles. The average Bonchev–Trinajstić information content (AvgIpc) is 2.71. The topological polar surface area (TPSA) is 64.2 Å². The number of aryl methyl sites for hydroxylation is 1. The van der Waals surface area contributed by atoms with E-state index in [0.717, 1.165) is 44.6 Å². The van der Waals surface area contributed by atoms with E-state index < -0.39 is 0 Å². The van der Waals surface area contributed by atoms with Crippen molar-refractivity contribution in [3.8, 4) is 0 Å². The molecule has 2 rings (SSSR count). The van der Waals surface area contributed by atoms with Crippen LogP contribution in [-0.4, -0.2) is 39.7 Å². The maximum Gasteiger partial charge on any atom is 0.222 e. The Balaban J connectivity index is 1.94. The monoisotopic (exact) mass is 306 g/mol. The van der Waals surface area contributed by atoms with Crippen molar-refractivity contribution in [1.82, 2.24) is 14.7 Å². The summed E-state index contributed by atoms with van der Waals surface area (Å²) in [5, 5.41) is 4.63. The van der Waals surface area contributed by atoms with Gasteiger partial charge in [0.2, 0.25) is 5.91 Å².